The molecule has 0 aromatic carbocycles. The van der Waals surface area contributed by atoms with Crippen LogP contribution in [0.2, 0.25) is 0 Å². The molecule has 2 aromatic heterocycles. The van der Waals surface area contributed by atoms with E-state index in [9.17, 15) is 0 Å². The first-order chi connectivity index (χ1) is 15.0. The van der Waals surface area contributed by atoms with Crippen LogP contribution >= 0.6 is 0 Å². The summed E-state index contributed by atoms with van der Waals surface area (Å²) >= 11 is 0. The molecule has 0 atom stereocenters. The van der Waals surface area contributed by atoms with Gasteiger partial charge in [-0.3, -0.25) is 9.56 Å². The maximum Gasteiger partial charge on any atom is 0.251 e. The van der Waals surface area contributed by atoms with Gasteiger partial charge in [-0.25, -0.2) is 15.0 Å². The Bertz CT molecular complexity index is 1030. The average Bonchev–Trinajstić information content (AvgIpc) is 3.21. The third kappa shape index (κ3) is 5.93. The van der Waals surface area contributed by atoms with Crippen molar-refractivity contribution >= 4 is 34.7 Å². The molecule has 1 saturated heterocycles. The summed E-state index contributed by atoms with van der Waals surface area (Å²) in [6.07, 6.45) is 12.7. The van der Waals surface area contributed by atoms with Crippen LogP contribution in [0.4, 0.5) is 5.95 Å². The molecular formula is C22H30N8O. The fraction of sp³-hybridized carbons (Fsp3) is 0.409. The molecule has 0 unspecified atom stereocenters. The van der Waals surface area contributed by atoms with Crippen molar-refractivity contribution < 1.29 is 4.74 Å². The van der Waals surface area contributed by atoms with Crippen molar-refractivity contribution in [3.8, 4) is 0 Å². The zero-order chi connectivity index (χ0) is 22.2. The van der Waals surface area contributed by atoms with Gasteiger partial charge in [-0.05, 0) is 58.1 Å². The van der Waals surface area contributed by atoms with E-state index in [4.69, 9.17) is 10.5 Å². The minimum Gasteiger partial charge on any atom is -0.497 e. The summed E-state index contributed by atoms with van der Waals surface area (Å²) in [5.41, 5.74) is 8.48. The van der Waals surface area contributed by atoms with Crippen LogP contribution in [0.5, 0.6) is 0 Å². The predicted molar refractivity (Wildman–Crippen MR) is 126 cm³/mol. The number of aliphatic imine (C=N–C) groups is 2. The Balaban J connectivity index is 1.80. The Morgan fingerprint density at radius 1 is 1.32 bits per heavy atom. The van der Waals surface area contributed by atoms with Crippen molar-refractivity contribution in [2.45, 2.75) is 25.8 Å². The summed E-state index contributed by atoms with van der Waals surface area (Å²) in [5.74, 6) is 1.05. The monoisotopic (exact) mass is 422 g/mol. The van der Waals surface area contributed by atoms with E-state index in [1.54, 1.807) is 30.4 Å². The third-order valence-corrected chi connectivity index (χ3v) is 5.12. The Hall–Kier alpha value is -3.17. The molecule has 9 nitrogen and oxygen atoms in total. The van der Waals surface area contributed by atoms with Crippen LogP contribution in [-0.4, -0.2) is 76.2 Å². The van der Waals surface area contributed by atoms with E-state index >= 15 is 0 Å². The second-order valence-electron chi connectivity index (χ2n) is 7.33. The Morgan fingerprint density at radius 2 is 2.10 bits per heavy atom. The number of hydrogen-bond donors (Lipinski definition) is 1. The molecule has 0 amide bonds. The van der Waals surface area contributed by atoms with E-state index in [2.05, 4.69) is 43.5 Å². The van der Waals surface area contributed by atoms with Crippen molar-refractivity contribution in [3.05, 3.63) is 43.1 Å². The van der Waals surface area contributed by atoms with Crippen molar-refractivity contribution in [3.63, 3.8) is 0 Å². The largest absolute Gasteiger partial charge is 0.497 e. The lowest BCUT2D eigenvalue weighted by Gasteiger charge is -2.26. The highest BCUT2D eigenvalue weighted by molar-refractivity contribution is 6.32. The topological polar surface area (TPSA) is 107 Å². The zero-order valence-electron chi connectivity index (χ0n) is 18.4. The van der Waals surface area contributed by atoms with Gasteiger partial charge in [-0.15, -0.1) is 0 Å². The van der Waals surface area contributed by atoms with Gasteiger partial charge in [0.1, 0.15) is 17.6 Å². The van der Waals surface area contributed by atoms with Crippen LogP contribution in [0.3, 0.4) is 0 Å². The number of allylic oxidation sites excluding steroid dienone is 4. The van der Waals surface area contributed by atoms with Crippen LogP contribution in [0.1, 0.15) is 19.8 Å². The first-order valence-corrected chi connectivity index (χ1v) is 10.3. The molecule has 0 saturated carbocycles. The molecule has 1 aliphatic heterocycles. The minimum absolute atomic E-state index is 0.259. The van der Waals surface area contributed by atoms with Crippen LogP contribution in [0.25, 0.3) is 16.9 Å². The van der Waals surface area contributed by atoms with E-state index in [0.29, 0.717) is 34.6 Å². The lowest BCUT2D eigenvalue weighted by Crippen LogP contribution is -2.32. The summed E-state index contributed by atoms with van der Waals surface area (Å²) in [6, 6.07) is 0.307. The van der Waals surface area contributed by atoms with Crippen LogP contribution in [-0.2, 0) is 4.74 Å². The van der Waals surface area contributed by atoms with Crippen LogP contribution in [0.15, 0.2) is 53.1 Å². The molecule has 2 aromatic rings. The lowest BCUT2D eigenvalue weighted by atomic mass is 10.1. The highest BCUT2D eigenvalue weighted by Crippen LogP contribution is 2.18. The minimum atomic E-state index is 0.259. The number of ether oxygens (including phenoxy) is 1. The highest BCUT2D eigenvalue weighted by atomic mass is 16.5. The molecule has 31 heavy (non-hydrogen) atoms. The number of imidazole rings is 1. The van der Waals surface area contributed by atoms with Gasteiger partial charge < -0.3 is 15.4 Å². The number of piperidine rings is 1. The normalized spacial score (nSPS) is 17.3. The van der Waals surface area contributed by atoms with Gasteiger partial charge in [0.2, 0.25) is 0 Å². The third-order valence-electron chi connectivity index (χ3n) is 5.12. The molecule has 0 aliphatic carbocycles. The van der Waals surface area contributed by atoms with Gasteiger partial charge in [0.05, 0.1) is 25.1 Å². The smallest absolute Gasteiger partial charge is 0.251 e. The van der Waals surface area contributed by atoms with Crippen molar-refractivity contribution in [2.75, 3.05) is 33.8 Å². The van der Waals surface area contributed by atoms with Gasteiger partial charge in [-0.2, -0.15) is 4.98 Å². The van der Waals surface area contributed by atoms with Crippen LogP contribution in [0, 0.1) is 0 Å². The molecule has 0 bridgehead atoms. The second-order valence-corrected chi connectivity index (χ2v) is 7.33. The van der Waals surface area contributed by atoms with E-state index in [0.717, 1.165) is 31.7 Å². The quantitative estimate of drug-likeness (QED) is 0.398. The Kier molecular flexibility index (Phi) is 7.80. The number of likely N-dealkylation sites (tertiary alicyclic amines) is 1. The molecule has 1 fully saturated rings. The van der Waals surface area contributed by atoms with Crippen molar-refractivity contribution in [1.82, 2.24) is 24.4 Å². The van der Waals surface area contributed by atoms with Gasteiger partial charge in [-0.1, -0.05) is 6.58 Å². The summed E-state index contributed by atoms with van der Waals surface area (Å²) in [7, 11) is 3.75. The number of nitrogens with zero attached hydrogens (tertiary/aromatic N) is 7. The fourth-order valence-corrected chi connectivity index (χ4v) is 3.20. The molecule has 2 N–H and O–H groups in total. The number of fused-ring (bicyclic) bond motifs is 1. The second kappa shape index (κ2) is 10.7. The molecule has 3 heterocycles. The Morgan fingerprint density at radius 3 is 2.77 bits per heavy atom. The SMILES string of the molecule is C=C(C=CC(=CC)OC)n1cnc2cnc(N=C(C=NC3CCN(C)CC3)CN)nc21. The number of hydrogen-bond acceptors (Lipinski definition) is 8. The molecule has 3 rings (SSSR count). The summed E-state index contributed by atoms with van der Waals surface area (Å²) < 4.78 is 7.02. The average molecular weight is 423 g/mol. The van der Waals surface area contributed by atoms with Gasteiger partial charge in [0, 0.05) is 18.5 Å². The van der Waals surface area contributed by atoms with Crippen molar-refractivity contribution in [1.29, 1.82) is 0 Å². The standard InChI is InChI=1S/C22H30N8O/c1-5-19(31-4)7-6-16(2)30-15-26-20-14-25-22(28-21(20)30)27-18(12-23)13-24-17-8-10-29(3)11-9-17/h5-7,13-15,17H,2,8-12,23H2,1,3-4H3. The summed E-state index contributed by atoms with van der Waals surface area (Å²) in [5, 5.41) is 0. The lowest BCUT2D eigenvalue weighted by molar-refractivity contribution is 0.257. The van der Waals surface area contributed by atoms with Gasteiger partial charge >= 0.3 is 0 Å². The summed E-state index contributed by atoms with van der Waals surface area (Å²) in [4.78, 5) is 24.7. The van der Waals surface area contributed by atoms with E-state index in [-0.39, 0.29) is 6.54 Å². The maximum absolute atomic E-state index is 5.88. The fourth-order valence-electron chi connectivity index (χ4n) is 3.20. The van der Waals surface area contributed by atoms with Gasteiger partial charge in [0.15, 0.2) is 5.65 Å². The van der Waals surface area contributed by atoms with Crippen LogP contribution < -0.4 is 5.73 Å². The first kappa shape index (κ1) is 22.5. The highest BCUT2D eigenvalue weighted by Gasteiger charge is 2.15. The maximum atomic E-state index is 5.88. The van der Waals surface area contributed by atoms with E-state index < -0.39 is 0 Å². The molecule has 0 radical (unpaired) electrons. The number of methoxy groups -OCH3 is 1. The van der Waals surface area contributed by atoms with E-state index in [1.165, 1.54) is 0 Å². The zero-order valence-corrected chi connectivity index (χ0v) is 18.4. The molecule has 1 aliphatic rings. The first-order valence-electron chi connectivity index (χ1n) is 10.3. The molecule has 0 spiro atoms. The van der Waals surface area contributed by atoms with Gasteiger partial charge in [0.25, 0.3) is 5.95 Å². The molecular weight excluding hydrogens is 392 g/mol. The van der Waals surface area contributed by atoms with E-state index in [1.807, 2.05) is 25.2 Å². The number of nitrogens with two attached hydrogens (primary N) is 1. The number of aromatic nitrogens is 4. The summed E-state index contributed by atoms with van der Waals surface area (Å²) in [6.45, 7) is 8.37. The van der Waals surface area contributed by atoms with Crippen molar-refractivity contribution in [2.24, 2.45) is 15.7 Å². The number of rotatable bonds is 8. The molecule has 9 heteroatoms. The Labute approximate surface area is 182 Å². The predicted octanol–water partition coefficient (Wildman–Crippen LogP) is 2.60. The molecule has 164 valence electrons.